The Morgan fingerprint density at radius 3 is 2.85 bits per heavy atom. The minimum Gasteiger partial charge on any atom is -0.315 e. The first-order chi connectivity index (χ1) is 6.15. The van der Waals surface area contributed by atoms with Crippen molar-refractivity contribution in [3.05, 3.63) is 27.7 Å². The largest absolute Gasteiger partial charge is 0.315 e. The van der Waals surface area contributed by atoms with Crippen LogP contribution in [0.4, 0.5) is 0 Å². The summed E-state index contributed by atoms with van der Waals surface area (Å²) in [6.45, 7) is 4.67. The third-order valence-electron chi connectivity index (χ3n) is 1.86. The Kier molecular flexibility index (Phi) is 3.19. The van der Waals surface area contributed by atoms with Gasteiger partial charge >= 0.3 is 0 Å². The van der Waals surface area contributed by atoms with Crippen molar-refractivity contribution in [1.82, 2.24) is 15.5 Å². The van der Waals surface area contributed by atoms with Crippen LogP contribution in [0.2, 0.25) is 0 Å². The van der Waals surface area contributed by atoms with Crippen molar-refractivity contribution < 1.29 is 0 Å². The highest BCUT2D eigenvalue weighted by Crippen LogP contribution is 2.09. The molecule has 0 aliphatic rings. The highest BCUT2D eigenvalue weighted by atomic mass is 16.1. The summed E-state index contributed by atoms with van der Waals surface area (Å²) in [4.78, 5) is 11.2. The molecule has 0 radical (unpaired) electrons. The van der Waals surface area contributed by atoms with E-state index in [-0.39, 0.29) is 5.56 Å². The standard InChI is InChI=1S/C9H15N3O/c1-6(2)8-4-7(5-10-3)9(13)12-11-8/h4,6,10H,5H2,1-3H3,(H,12,13). The van der Waals surface area contributed by atoms with Crippen LogP contribution in [-0.2, 0) is 6.54 Å². The van der Waals surface area contributed by atoms with Crippen LogP contribution in [0.25, 0.3) is 0 Å². The summed E-state index contributed by atoms with van der Waals surface area (Å²) >= 11 is 0. The first-order valence-electron chi connectivity index (χ1n) is 4.38. The van der Waals surface area contributed by atoms with Gasteiger partial charge < -0.3 is 5.32 Å². The summed E-state index contributed by atoms with van der Waals surface area (Å²) in [7, 11) is 1.81. The zero-order valence-corrected chi connectivity index (χ0v) is 8.22. The molecule has 0 aliphatic heterocycles. The number of nitrogens with one attached hydrogen (secondary N) is 2. The SMILES string of the molecule is CNCc1cc(C(C)C)n[nH]c1=O. The topological polar surface area (TPSA) is 57.8 Å². The first-order valence-corrected chi connectivity index (χ1v) is 4.38. The molecular formula is C9H15N3O. The molecule has 1 aromatic rings. The number of hydrogen-bond donors (Lipinski definition) is 2. The lowest BCUT2D eigenvalue weighted by Crippen LogP contribution is -2.20. The average molecular weight is 181 g/mol. The molecule has 0 aliphatic carbocycles. The number of aromatic nitrogens is 2. The van der Waals surface area contributed by atoms with E-state index < -0.39 is 0 Å². The summed E-state index contributed by atoms with van der Waals surface area (Å²) in [5.41, 5.74) is 1.55. The van der Waals surface area contributed by atoms with Crippen LogP contribution in [0.3, 0.4) is 0 Å². The van der Waals surface area contributed by atoms with Gasteiger partial charge in [-0.3, -0.25) is 4.79 Å². The van der Waals surface area contributed by atoms with Gasteiger partial charge in [0.2, 0.25) is 0 Å². The average Bonchev–Trinajstić information content (AvgIpc) is 2.08. The van der Waals surface area contributed by atoms with Crippen molar-refractivity contribution in [3.63, 3.8) is 0 Å². The van der Waals surface area contributed by atoms with Gasteiger partial charge in [-0.15, -0.1) is 0 Å². The predicted octanol–water partition coefficient (Wildman–Crippen LogP) is 0.613. The van der Waals surface area contributed by atoms with E-state index in [0.717, 1.165) is 11.3 Å². The molecule has 2 N–H and O–H groups in total. The fraction of sp³-hybridized carbons (Fsp3) is 0.556. The van der Waals surface area contributed by atoms with Crippen LogP contribution in [-0.4, -0.2) is 17.2 Å². The van der Waals surface area contributed by atoms with Gasteiger partial charge in [0.25, 0.3) is 5.56 Å². The fourth-order valence-corrected chi connectivity index (χ4v) is 1.08. The normalized spacial score (nSPS) is 10.8. The first kappa shape index (κ1) is 9.92. The summed E-state index contributed by atoms with van der Waals surface area (Å²) < 4.78 is 0. The van der Waals surface area contributed by atoms with E-state index in [9.17, 15) is 4.79 Å². The quantitative estimate of drug-likeness (QED) is 0.718. The van der Waals surface area contributed by atoms with Gasteiger partial charge in [-0.1, -0.05) is 13.8 Å². The maximum absolute atomic E-state index is 11.2. The Balaban J connectivity index is 3.04. The molecule has 0 saturated heterocycles. The molecule has 0 fully saturated rings. The molecule has 4 nitrogen and oxygen atoms in total. The highest BCUT2D eigenvalue weighted by Gasteiger charge is 2.04. The minimum absolute atomic E-state index is 0.112. The molecule has 13 heavy (non-hydrogen) atoms. The van der Waals surface area contributed by atoms with Crippen molar-refractivity contribution >= 4 is 0 Å². The Morgan fingerprint density at radius 1 is 1.62 bits per heavy atom. The number of aromatic amines is 1. The fourth-order valence-electron chi connectivity index (χ4n) is 1.08. The number of H-pyrrole nitrogens is 1. The Bertz CT molecular complexity index is 330. The molecule has 0 aromatic carbocycles. The summed E-state index contributed by atoms with van der Waals surface area (Å²) in [5, 5.41) is 9.39. The van der Waals surface area contributed by atoms with Crippen LogP contribution in [0.15, 0.2) is 10.9 Å². The lowest BCUT2D eigenvalue weighted by molar-refractivity contribution is 0.742. The Labute approximate surface area is 77.4 Å². The van der Waals surface area contributed by atoms with E-state index in [0.29, 0.717) is 12.5 Å². The van der Waals surface area contributed by atoms with Crippen LogP contribution >= 0.6 is 0 Å². The second-order valence-corrected chi connectivity index (χ2v) is 3.33. The van der Waals surface area contributed by atoms with E-state index in [1.807, 2.05) is 27.0 Å². The lowest BCUT2D eigenvalue weighted by Gasteiger charge is -2.05. The van der Waals surface area contributed by atoms with Crippen molar-refractivity contribution in [2.24, 2.45) is 0 Å². The predicted molar refractivity (Wildman–Crippen MR) is 51.7 cm³/mol. The number of hydrogen-bond acceptors (Lipinski definition) is 3. The second kappa shape index (κ2) is 4.18. The molecule has 4 heteroatoms. The van der Waals surface area contributed by atoms with Crippen LogP contribution in [0.5, 0.6) is 0 Å². The van der Waals surface area contributed by atoms with E-state index in [1.54, 1.807) is 0 Å². The van der Waals surface area contributed by atoms with Crippen molar-refractivity contribution in [2.45, 2.75) is 26.3 Å². The third-order valence-corrected chi connectivity index (χ3v) is 1.86. The maximum Gasteiger partial charge on any atom is 0.268 e. The summed E-state index contributed by atoms with van der Waals surface area (Å²) in [5.74, 6) is 0.340. The zero-order chi connectivity index (χ0) is 9.84. The van der Waals surface area contributed by atoms with E-state index in [1.165, 1.54) is 0 Å². The molecule has 0 spiro atoms. The number of nitrogens with zero attached hydrogens (tertiary/aromatic N) is 1. The molecule has 1 heterocycles. The molecule has 72 valence electrons. The Hall–Kier alpha value is -1.16. The van der Waals surface area contributed by atoms with Gasteiger partial charge in [0.15, 0.2) is 0 Å². The molecule has 0 unspecified atom stereocenters. The molecular weight excluding hydrogens is 166 g/mol. The summed E-state index contributed by atoms with van der Waals surface area (Å²) in [6.07, 6.45) is 0. The highest BCUT2D eigenvalue weighted by molar-refractivity contribution is 5.14. The van der Waals surface area contributed by atoms with Gasteiger partial charge in [0.1, 0.15) is 0 Å². The monoisotopic (exact) mass is 181 g/mol. The smallest absolute Gasteiger partial charge is 0.268 e. The van der Waals surface area contributed by atoms with Crippen molar-refractivity contribution in [2.75, 3.05) is 7.05 Å². The van der Waals surface area contributed by atoms with Crippen molar-refractivity contribution in [1.29, 1.82) is 0 Å². The van der Waals surface area contributed by atoms with Gasteiger partial charge in [-0.2, -0.15) is 5.10 Å². The third kappa shape index (κ3) is 2.39. The van der Waals surface area contributed by atoms with Crippen LogP contribution in [0.1, 0.15) is 31.0 Å². The Morgan fingerprint density at radius 2 is 2.31 bits per heavy atom. The number of rotatable bonds is 3. The molecule has 1 rings (SSSR count). The van der Waals surface area contributed by atoms with Crippen LogP contribution in [0, 0.1) is 0 Å². The van der Waals surface area contributed by atoms with Gasteiger partial charge in [-0.05, 0) is 19.0 Å². The molecule has 0 bridgehead atoms. The molecule has 0 atom stereocenters. The molecule has 1 aromatic heterocycles. The van der Waals surface area contributed by atoms with Gasteiger partial charge in [0, 0.05) is 12.1 Å². The van der Waals surface area contributed by atoms with Crippen LogP contribution < -0.4 is 10.9 Å². The zero-order valence-electron chi connectivity index (χ0n) is 8.22. The summed E-state index contributed by atoms with van der Waals surface area (Å²) in [6, 6.07) is 1.85. The van der Waals surface area contributed by atoms with Gasteiger partial charge in [-0.25, -0.2) is 5.10 Å². The van der Waals surface area contributed by atoms with E-state index in [2.05, 4.69) is 15.5 Å². The van der Waals surface area contributed by atoms with Gasteiger partial charge in [0.05, 0.1) is 5.69 Å². The maximum atomic E-state index is 11.2. The molecule has 0 amide bonds. The molecule has 0 saturated carbocycles. The van der Waals surface area contributed by atoms with E-state index >= 15 is 0 Å². The second-order valence-electron chi connectivity index (χ2n) is 3.33. The minimum atomic E-state index is -0.112. The van der Waals surface area contributed by atoms with E-state index in [4.69, 9.17) is 0 Å². The van der Waals surface area contributed by atoms with Crippen molar-refractivity contribution in [3.8, 4) is 0 Å². The lowest BCUT2D eigenvalue weighted by atomic mass is 10.1.